The summed E-state index contributed by atoms with van der Waals surface area (Å²) in [6, 6.07) is 16.5. The van der Waals surface area contributed by atoms with E-state index in [1.807, 2.05) is 30.3 Å². The summed E-state index contributed by atoms with van der Waals surface area (Å²) in [5.41, 5.74) is 2.12. The van der Waals surface area contributed by atoms with Gasteiger partial charge in [-0.25, -0.2) is 0 Å². The molecule has 2 amide bonds. The average Bonchev–Trinajstić information content (AvgIpc) is 2.73. The van der Waals surface area contributed by atoms with Crippen LogP contribution in [0.15, 0.2) is 64.8 Å². The Hall–Kier alpha value is -3.06. The topological polar surface area (TPSA) is 95.0 Å². The summed E-state index contributed by atoms with van der Waals surface area (Å²) in [6.07, 6.45) is 1.62. The van der Waals surface area contributed by atoms with Crippen molar-refractivity contribution in [2.45, 2.75) is 12.8 Å². The Morgan fingerprint density at radius 1 is 0.926 bits per heavy atom. The van der Waals surface area contributed by atoms with Gasteiger partial charge in [-0.1, -0.05) is 18.2 Å². The Morgan fingerprint density at radius 3 is 2.22 bits per heavy atom. The van der Waals surface area contributed by atoms with Gasteiger partial charge >= 0.3 is 0 Å². The normalized spacial score (nSPS) is 14.8. The van der Waals surface area contributed by atoms with E-state index in [-0.39, 0.29) is 24.3 Å². The zero-order chi connectivity index (χ0) is 18.9. The van der Waals surface area contributed by atoms with Gasteiger partial charge < -0.3 is 16.0 Å². The second kappa shape index (κ2) is 9.59. The Morgan fingerprint density at radius 2 is 1.56 bits per heavy atom. The standard InChI is InChI=1S/C20H23N5O2/c26-19(14-22-20(27)15-10-12-21-13-11-15)23-16-6-8-18(9-7-16)25-24-17-4-2-1-3-5-17/h1-9,15,21H,10-14H2,(H,22,27)(H,23,26). The number of piperidine rings is 1. The average molecular weight is 365 g/mol. The Balaban J connectivity index is 1.45. The number of carbonyl (C=O) groups excluding carboxylic acids is 2. The van der Waals surface area contributed by atoms with Crippen molar-refractivity contribution in [3.05, 3.63) is 54.6 Å². The summed E-state index contributed by atoms with van der Waals surface area (Å²) < 4.78 is 0. The Kier molecular flexibility index (Phi) is 6.65. The predicted octanol–water partition coefficient (Wildman–Crippen LogP) is 3.16. The SMILES string of the molecule is O=C(CNC(=O)C1CCNCC1)Nc1ccc(N=Nc2ccccc2)cc1. The lowest BCUT2D eigenvalue weighted by atomic mass is 9.97. The second-order valence-electron chi connectivity index (χ2n) is 6.37. The fourth-order valence-electron chi connectivity index (χ4n) is 2.82. The van der Waals surface area contributed by atoms with Gasteiger partial charge in [0.05, 0.1) is 17.9 Å². The first kappa shape index (κ1) is 18.7. The van der Waals surface area contributed by atoms with Crippen molar-refractivity contribution in [2.75, 3.05) is 25.0 Å². The second-order valence-corrected chi connectivity index (χ2v) is 6.37. The summed E-state index contributed by atoms with van der Waals surface area (Å²) in [7, 11) is 0. The van der Waals surface area contributed by atoms with E-state index in [1.54, 1.807) is 24.3 Å². The van der Waals surface area contributed by atoms with Crippen LogP contribution >= 0.6 is 0 Å². The van der Waals surface area contributed by atoms with Crippen molar-refractivity contribution >= 4 is 28.9 Å². The highest BCUT2D eigenvalue weighted by Gasteiger charge is 2.20. The van der Waals surface area contributed by atoms with Gasteiger partial charge in [0.1, 0.15) is 0 Å². The van der Waals surface area contributed by atoms with Crippen LogP contribution in [0.1, 0.15) is 12.8 Å². The van der Waals surface area contributed by atoms with Crippen molar-refractivity contribution < 1.29 is 9.59 Å². The minimum atomic E-state index is -0.254. The number of nitrogens with zero attached hydrogens (tertiary/aromatic N) is 2. The Labute approximate surface area is 158 Å². The van der Waals surface area contributed by atoms with Gasteiger partial charge in [-0.3, -0.25) is 9.59 Å². The van der Waals surface area contributed by atoms with E-state index in [0.29, 0.717) is 11.4 Å². The van der Waals surface area contributed by atoms with Crippen LogP contribution in [0, 0.1) is 5.92 Å². The number of nitrogens with one attached hydrogen (secondary N) is 3. The van der Waals surface area contributed by atoms with Crippen molar-refractivity contribution in [3.63, 3.8) is 0 Å². The van der Waals surface area contributed by atoms with Gasteiger partial charge in [0.2, 0.25) is 11.8 Å². The van der Waals surface area contributed by atoms with Crippen LogP contribution in [0.25, 0.3) is 0 Å². The molecule has 1 aliphatic rings. The maximum atomic E-state index is 12.0. The zero-order valence-corrected chi connectivity index (χ0v) is 15.0. The first-order valence-corrected chi connectivity index (χ1v) is 9.06. The molecular weight excluding hydrogens is 342 g/mol. The minimum Gasteiger partial charge on any atom is -0.347 e. The number of rotatable bonds is 6. The third kappa shape index (κ3) is 6.00. The summed E-state index contributed by atoms with van der Waals surface area (Å²) in [5, 5.41) is 17.0. The van der Waals surface area contributed by atoms with E-state index < -0.39 is 0 Å². The number of azo groups is 1. The molecule has 1 heterocycles. The van der Waals surface area contributed by atoms with E-state index in [2.05, 4.69) is 26.2 Å². The fourth-order valence-corrected chi connectivity index (χ4v) is 2.82. The molecule has 7 heteroatoms. The van der Waals surface area contributed by atoms with E-state index in [4.69, 9.17) is 0 Å². The number of benzene rings is 2. The fraction of sp³-hybridized carbons (Fsp3) is 0.300. The van der Waals surface area contributed by atoms with E-state index in [9.17, 15) is 9.59 Å². The van der Waals surface area contributed by atoms with Crippen LogP contribution in [0.3, 0.4) is 0 Å². The molecule has 140 valence electrons. The molecule has 1 fully saturated rings. The monoisotopic (exact) mass is 365 g/mol. The molecule has 2 aromatic carbocycles. The molecule has 0 spiro atoms. The minimum absolute atomic E-state index is 0.00619. The van der Waals surface area contributed by atoms with Crippen LogP contribution in [0.5, 0.6) is 0 Å². The highest BCUT2D eigenvalue weighted by Crippen LogP contribution is 2.20. The summed E-state index contributed by atoms with van der Waals surface area (Å²) in [5.74, 6) is -0.312. The van der Waals surface area contributed by atoms with Gasteiger partial charge in [-0.15, -0.1) is 0 Å². The smallest absolute Gasteiger partial charge is 0.243 e. The maximum absolute atomic E-state index is 12.0. The zero-order valence-electron chi connectivity index (χ0n) is 15.0. The molecular formula is C20H23N5O2. The highest BCUT2D eigenvalue weighted by molar-refractivity contribution is 5.94. The number of hydrogen-bond acceptors (Lipinski definition) is 5. The Bertz CT molecular complexity index is 784. The quantitative estimate of drug-likeness (QED) is 0.686. The van der Waals surface area contributed by atoms with Crippen molar-refractivity contribution in [3.8, 4) is 0 Å². The molecule has 1 saturated heterocycles. The largest absolute Gasteiger partial charge is 0.347 e. The van der Waals surface area contributed by atoms with Crippen molar-refractivity contribution in [1.82, 2.24) is 10.6 Å². The van der Waals surface area contributed by atoms with Crippen molar-refractivity contribution in [2.24, 2.45) is 16.1 Å². The highest BCUT2D eigenvalue weighted by atomic mass is 16.2. The predicted molar refractivity (Wildman–Crippen MR) is 104 cm³/mol. The molecule has 0 aliphatic carbocycles. The lowest BCUT2D eigenvalue weighted by Crippen LogP contribution is -2.41. The molecule has 27 heavy (non-hydrogen) atoms. The molecule has 7 nitrogen and oxygen atoms in total. The van der Waals surface area contributed by atoms with E-state index in [1.165, 1.54) is 0 Å². The third-order valence-corrected chi connectivity index (χ3v) is 4.32. The maximum Gasteiger partial charge on any atom is 0.243 e. The van der Waals surface area contributed by atoms with Gasteiger partial charge in [-0.05, 0) is 62.3 Å². The molecule has 0 saturated carbocycles. The molecule has 0 bridgehead atoms. The van der Waals surface area contributed by atoms with Crippen LogP contribution in [0.2, 0.25) is 0 Å². The number of amides is 2. The lowest BCUT2D eigenvalue weighted by molar-refractivity contribution is -0.127. The molecule has 0 atom stereocenters. The molecule has 3 rings (SSSR count). The van der Waals surface area contributed by atoms with Crippen LogP contribution < -0.4 is 16.0 Å². The molecule has 0 unspecified atom stereocenters. The summed E-state index contributed by atoms with van der Waals surface area (Å²) in [4.78, 5) is 24.1. The molecule has 3 N–H and O–H groups in total. The van der Waals surface area contributed by atoms with Crippen LogP contribution in [0.4, 0.5) is 17.1 Å². The molecule has 2 aromatic rings. The van der Waals surface area contributed by atoms with Crippen LogP contribution in [-0.4, -0.2) is 31.4 Å². The van der Waals surface area contributed by atoms with Gasteiger partial charge in [0.15, 0.2) is 0 Å². The molecule has 0 aromatic heterocycles. The number of anilines is 1. The van der Waals surface area contributed by atoms with Gasteiger partial charge in [-0.2, -0.15) is 10.2 Å². The first-order valence-electron chi connectivity index (χ1n) is 9.06. The summed E-state index contributed by atoms with van der Waals surface area (Å²) in [6.45, 7) is 1.66. The first-order chi connectivity index (χ1) is 13.2. The van der Waals surface area contributed by atoms with E-state index >= 15 is 0 Å². The van der Waals surface area contributed by atoms with Gasteiger partial charge in [0, 0.05) is 11.6 Å². The summed E-state index contributed by atoms with van der Waals surface area (Å²) >= 11 is 0. The van der Waals surface area contributed by atoms with Crippen LogP contribution in [-0.2, 0) is 9.59 Å². The molecule has 1 aliphatic heterocycles. The number of carbonyl (C=O) groups is 2. The number of hydrogen-bond donors (Lipinski definition) is 3. The lowest BCUT2D eigenvalue weighted by Gasteiger charge is -2.21. The van der Waals surface area contributed by atoms with E-state index in [0.717, 1.165) is 31.6 Å². The third-order valence-electron chi connectivity index (χ3n) is 4.32. The van der Waals surface area contributed by atoms with Crippen molar-refractivity contribution in [1.29, 1.82) is 0 Å². The van der Waals surface area contributed by atoms with Gasteiger partial charge in [0.25, 0.3) is 0 Å². The molecule has 0 radical (unpaired) electrons.